The molecule has 0 unspecified atom stereocenters. The van der Waals surface area contributed by atoms with Crippen LogP contribution < -0.4 is 18.9 Å². The van der Waals surface area contributed by atoms with Gasteiger partial charge in [0, 0.05) is 38.3 Å². The van der Waals surface area contributed by atoms with E-state index in [1.54, 1.807) is 28.4 Å². The first-order valence-electron chi connectivity index (χ1n) is 12.3. The van der Waals surface area contributed by atoms with Gasteiger partial charge < -0.3 is 23.8 Å². The van der Waals surface area contributed by atoms with E-state index in [-0.39, 0.29) is 5.91 Å². The van der Waals surface area contributed by atoms with E-state index in [0.29, 0.717) is 41.5 Å². The molecule has 194 valence electrons. The molecule has 1 amide bonds. The molecule has 0 bridgehead atoms. The fourth-order valence-corrected chi connectivity index (χ4v) is 4.49. The summed E-state index contributed by atoms with van der Waals surface area (Å²) in [5.41, 5.74) is 3.42. The minimum atomic E-state index is -0.0375. The molecule has 4 rings (SSSR count). The molecule has 0 N–H and O–H groups in total. The Morgan fingerprint density at radius 1 is 0.784 bits per heavy atom. The SMILES string of the molecule is COc1ccc(/C=C(/C(=O)N2CCN(Cc3ccccc3)CC2)c2cc(OC)c(OC)c(OC)c2)cc1. The molecule has 37 heavy (non-hydrogen) atoms. The summed E-state index contributed by atoms with van der Waals surface area (Å²) in [6.07, 6.45) is 1.90. The minimum Gasteiger partial charge on any atom is -0.497 e. The molecule has 0 aromatic heterocycles. The van der Waals surface area contributed by atoms with Crippen molar-refractivity contribution in [2.45, 2.75) is 6.54 Å². The lowest BCUT2D eigenvalue weighted by Gasteiger charge is -2.35. The maximum atomic E-state index is 13.9. The summed E-state index contributed by atoms with van der Waals surface area (Å²) in [4.78, 5) is 18.2. The number of carbonyl (C=O) groups excluding carboxylic acids is 1. The quantitative estimate of drug-likeness (QED) is 0.315. The molecule has 7 heteroatoms. The number of carbonyl (C=O) groups is 1. The summed E-state index contributed by atoms with van der Waals surface area (Å²) >= 11 is 0. The molecule has 0 spiro atoms. The van der Waals surface area contributed by atoms with Crippen molar-refractivity contribution < 1.29 is 23.7 Å². The van der Waals surface area contributed by atoms with Crippen molar-refractivity contribution in [3.05, 3.63) is 83.4 Å². The summed E-state index contributed by atoms with van der Waals surface area (Å²) in [5, 5.41) is 0. The fourth-order valence-electron chi connectivity index (χ4n) is 4.49. The molecule has 1 heterocycles. The molecule has 3 aromatic rings. The van der Waals surface area contributed by atoms with Gasteiger partial charge >= 0.3 is 0 Å². The summed E-state index contributed by atoms with van der Waals surface area (Å²) in [6.45, 7) is 3.80. The highest BCUT2D eigenvalue weighted by molar-refractivity contribution is 6.24. The standard InChI is InChI=1S/C30H34N2O5/c1-34-25-12-10-22(11-13-25)18-26(24-19-27(35-2)29(37-4)28(20-24)36-3)30(33)32-16-14-31(15-17-32)21-23-8-6-5-7-9-23/h5-13,18-20H,14-17,21H2,1-4H3/b26-18+. The van der Waals surface area contributed by atoms with Gasteiger partial charge in [0.2, 0.25) is 5.75 Å². The van der Waals surface area contributed by atoms with Crippen molar-refractivity contribution in [2.24, 2.45) is 0 Å². The Morgan fingerprint density at radius 3 is 1.95 bits per heavy atom. The smallest absolute Gasteiger partial charge is 0.254 e. The number of methoxy groups -OCH3 is 4. The van der Waals surface area contributed by atoms with Gasteiger partial charge in [-0.1, -0.05) is 42.5 Å². The van der Waals surface area contributed by atoms with E-state index in [1.165, 1.54) is 5.56 Å². The van der Waals surface area contributed by atoms with Crippen LogP contribution in [0, 0.1) is 0 Å². The Kier molecular flexibility index (Phi) is 8.69. The van der Waals surface area contributed by atoms with Gasteiger partial charge in [-0.3, -0.25) is 9.69 Å². The van der Waals surface area contributed by atoms with Crippen LogP contribution in [0.5, 0.6) is 23.0 Å². The highest BCUT2D eigenvalue weighted by Crippen LogP contribution is 2.40. The zero-order chi connectivity index (χ0) is 26.2. The highest BCUT2D eigenvalue weighted by atomic mass is 16.5. The lowest BCUT2D eigenvalue weighted by atomic mass is 9.99. The lowest BCUT2D eigenvalue weighted by Crippen LogP contribution is -2.48. The van der Waals surface area contributed by atoms with Crippen LogP contribution in [-0.2, 0) is 11.3 Å². The van der Waals surface area contributed by atoms with Gasteiger partial charge in [-0.15, -0.1) is 0 Å². The maximum Gasteiger partial charge on any atom is 0.254 e. The largest absolute Gasteiger partial charge is 0.497 e. The Morgan fingerprint density at radius 2 is 1.41 bits per heavy atom. The van der Waals surface area contributed by atoms with E-state index >= 15 is 0 Å². The van der Waals surface area contributed by atoms with Crippen LogP contribution in [0.1, 0.15) is 16.7 Å². The van der Waals surface area contributed by atoms with Gasteiger partial charge in [0.15, 0.2) is 11.5 Å². The van der Waals surface area contributed by atoms with Gasteiger partial charge in [-0.2, -0.15) is 0 Å². The molecular weight excluding hydrogens is 468 g/mol. The van der Waals surface area contributed by atoms with E-state index < -0.39 is 0 Å². The maximum absolute atomic E-state index is 13.9. The summed E-state index contributed by atoms with van der Waals surface area (Å²) in [7, 11) is 6.34. The van der Waals surface area contributed by atoms with Crippen LogP contribution in [0.3, 0.4) is 0 Å². The van der Waals surface area contributed by atoms with E-state index in [1.807, 2.05) is 53.4 Å². The molecule has 1 aliphatic heterocycles. The van der Waals surface area contributed by atoms with Crippen molar-refractivity contribution in [3.8, 4) is 23.0 Å². The molecule has 0 radical (unpaired) electrons. The van der Waals surface area contributed by atoms with Crippen molar-refractivity contribution >= 4 is 17.6 Å². The van der Waals surface area contributed by atoms with Crippen molar-refractivity contribution in [3.63, 3.8) is 0 Å². The Labute approximate surface area is 218 Å². The van der Waals surface area contributed by atoms with Gasteiger partial charge in [-0.05, 0) is 47.0 Å². The minimum absolute atomic E-state index is 0.0375. The zero-order valence-corrected chi connectivity index (χ0v) is 21.9. The van der Waals surface area contributed by atoms with Crippen molar-refractivity contribution in [1.29, 1.82) is 0 Å². The third-order valence-electron chi connectivity index (χ3n) is 6.54. The molecule has 3 aromatic carbocycles. The number of nitrogens with zero attached hydrogens (tertiary/aromatic N) is 2. The predicted octanol–water partition coefficient (Wildman–Crippen LogP) is 4.61. The van der Waals surface area contributed by atoms with Gasteiger partial charge in [0.25, 0.3) is 5.91 Å². The molecule has 0 atom stereocenters. The van der Waals surface area contributed by atoms with Gasteiger partial charge in [-0.25, -0.2) is 0 Å². The Bertz CT molecular complexity index is 1190. The second kappa shape index (κ2) is 12.3. The van der Waals surface area contributed by atoms with Crippen molar-refractivity contribution in [1.82, 2.24) is 9.80 Å². The third kappa shape index (κ3) is 6.24. The van der Waals surface area contributed by atoms with Crippen LogP contribution in [0.15, 0.2) is 66.7 Å². The van der Waals surface area contributed by atoms with Crippen LogP contribution in [0.25, 0.3) is 11.6 Å². The average molecular weight is 503 g/mol. The first-order chi connectivity index (χ1) is 18.1. The number of ether oxygens (including phenoxy) is 4. The summed E-state index contributed by atoms with van der Waals surface area (Å²) in [5.74, 6) is 2.20. The topological polar surface area (TPSA) is 60.5 Å². The van der Waals surface area contributed by atoms with E-state index in [4.69, 9.17) is 18.9 Å². The summed E-state index contributed by atoms with van der Waals surface area (Å²) in [6, 6.07) is 21.7. The normalized spacial score (nSPS) is 14.3. The van der Waals surface area contributed by atoms with E-state index in [9.17, 15) is 4.79 Å². The number of benzene rings is 3. The fraction of sp³-hybridized carbons (Fsp3) is 0.300. The monoisotopic (exact) mass is 502 g/mol. The molecule has 1 fully saturated rings. The molecule has 1 aliphatic rings. The van der Waals surface area contributed by atoms with Crippen LogP contribution in [0.2, 0.25) is 0 Å². The number of rotatable bonds is 9. The summed E-state index contributed by atoms with van der Waals surface area (Å²) < 4.78 is 21.9. The van der Waals surface area contributed by atoms with E-state index in [2.05, 4.69) is 29.2 Å². The Hall–Kier alpha value is -3.97. The average Bonchev–Trinajstić information content (AvgIpc) is 2.96. The first-order valence-corrected chi connectivity index (χ1v) is 12.3. The van der Waals surface area contributed by atoms with Crippen molar-refractivity contribution in [2.75, 3.05) is 54.6 Å². The lowest BCUT2D eigenvalue weighted by molar-refractivity contribution is -0.126. The molecule has 1 saturated heterocycles. The van der Waals surface area contributed by atoms with Crippen LogP contribution in [0.4, 0.5) is 0 Å². The number of hydrogen-bond donors (Lipinski definition) is 0. The highest BCUT2D eigenvalue weighted by Gasteiger charge is 2.26. The second-order valence-electron chi connectivity index (χ2n) is 8.80. The second-order valence-corrected chi connectivity index (χ2v) is 8.80. The molecule has 7 nitrogen and oxygen atoms in total. The molecular formula is C30H34N2O5. The number of piperazine rings is 1. The zero-order valence-electron chi connectivity index (χ0n) is 21.9. The predicted molar refractivity (Wildman–Crippen MR) is 145 cm³/mol. The molecule has 0 saturated carbocycles. The number of amides is 1. The van der Waals surface area contributed by atoms with Gasteiger partial charge in [0.05, 0.1) is 28.4 Å². The third-order valence-corrected chi connectivity index (χ3v) is 6.54. The van der Waals surface area contributed by atoms with E-state index in [0.717, 1.165) is 30.9 Å². The van der Waals surface area contributed by atoms with Crippen LogP contribution >= 0.6 is 0 Å². The molecule has 0 aliphatic carbocycles. The van der Waals surface area contributed by atoms with Gasteiger partial charge in [0.1, 0.15) is 5.75 Å². The number of hydrogen-bond acceptors (Lipinski definition) is 6. The first kappa shape index (κ1) is 26.1. The Balaban J connectivity index is 1.63. The van der Waals surface area contributed by atoms with Crippen LogP contribution in [-0.4, -0.2) is 70.3 Å².